The molecule has 2 aromatic rings. The molecule has 7 nitrogen and oxygen atoms in total. The van der Waals surface area contributed by atoms with Crippen LogP contribution in [0.1, 0.15) is 57.8 Å². The van der Waals surface area contributed by atoms with E-state index in [4.69, 9.17) is 0 Å². The summed E-state index contributed by atoms with van der Waals surface area (Å²) < 4.78 is 30.3. The molecule has 4 atom stereocenters. The van der Waals surface area contributed by atoms with E-state index in [-0.39, 0.29) is 33.6 Å². The zero-order valence-electron chi connectivity index (χ0n) is 21.0. The van der Waals surface area contributed by atoms with Crippen LogP contribution in [0.25, 0.3) is 10.9 Å². The molecule has 34 heavy (non-hydrogen) atoms. The summed E-state index contributed by atoms with van der Waals surface area (Å²) in [6.07, 6.45) is 3.71. The number of rotatable bonds is 4. The lowest BCUT2D eigenvalue weighted by Gasteiger charge is -2.35. The molecule has 1 aromatic carbocycles. The number of carbonyl (C=O) groups excluding carboxylic acids is 1. The van der Waals surface area contributed by atoms with Gasteiger partial charge in [0.25, 0.3) is 5.91 Å². The van der Waals surface area contributed by atoms with Crippen LogP contribution in [0.2, 0.25) is 0 Å². The Bertz CT molecular complexity index is 1230. The van der Waals surface area contributed by atoms with Gasteiger partial charge in [-0.25, -0.2) is 8.42 Å². The minimum Gasteiger partial charge on any atom is -0.347 e. The fraction of sp³-hybridized carbons (Fsp3) is 0.615. The Balaban J connectivity index is 1.78. The van der Waals surface area contributed by atoms with Crippen molar-refractivity contribution in [3.63, 3.8) is 0 Å². The van der Waals surface area contributed by atoms with Gasteiger partial charge >= 0.3 is 0 Å². The van der Waals surface area contributed by atoms with Crippen LogP contribution in [0, 0.1) is 23.7 Å². The van der Waals surface area contributed by atoms with Crippen molar-refractivity contribution in [1.29, 1.82) is 0 Å². The van der Waals surface area contributed by atoms with E-state index in [1.165, 1.54) is 10.4 Å². The quantitative estimate of drug-likeness (QED) is 0.657. The molecule has 0 saturated carbocycles. The molecule has 0 radical (unpaired) electrons. The molecule has 1 aromatic heterocycles. The number of aryl methyl sites for hydroxylation is 1. The van der Waals surface area contributed by atoms with Crippen molar-refractivity contribution in [3.05, 3.63) is 40.2 Å². The van der Waals surface area contributed by atoms with Crippen LogP contribution in [0.5, 0.6) is 0 Å². The molecule has 2 aliphatic rings. The maximum absolute atomic E-state index is 13.5. The number of sulfonamides is 1. The lowest BCUT2D eigenvalue weighted by molar-refractivity contribution is 0.0621. The van der Waals surface area contributed by atoms with E-state index >= 15 is 0 Å². The fourth-order valence-corrected chi connectivity index (χ4v) is 7.61. The second kappa shape index (κ2) is 9.46. The molecule has 3 heterocycles. The Kier molecular flexibility index (Phi) is 6.93. The van der Waals surface area contributed by atoms with Crippen LogP contribution < -0.4 is 5.43 Å². The monoisotopic (exact) mass is 487 g/mol. The van der Waals surface area contributed by atoms with Crippen molar-refractivity contribution in [2.75, 3.05) is 26.2 Å². The first kappa shape index (κ1) is 24.9. The molecule has 0 unspecified atom stereocenters. The number of amides is 1. The number of nitrogens with zero attached hydrogens (tertiary/aromatic N) is 3. The molecule has 0 aliphatic carbocycles. The first-order valence-corrected chi connectivity index (χ1v) is 13.9. The molecule has 4 rings (SSSR count). The van der Waals surface area contributed by atoms with Crippen LogP contribution in [-0.4, -0.2) is 54.3 Å². The normalized spacial score (nSPS) is 26.7. The van der Waals surface area contributed by atoms with E-state index in [1.54, 1.807) is 23.2 Å². The molecule has 2 aliphatic heterocycles. The molecule has 186 valence electrons. The van der Waals surface area contributed by atoms with E-state index in [0.29, 0.717) is 50.1 Å². The molecule has 2 saturated heterocycles. The highest BCUT2D eigenvalue weighted by Crippen LogP contribution is 2.28. The predicted molar refractivity (Wildman–Crippen MR) is 134 cm³/mol. The van der Waals surface area contributed by atoms with Gasteiger partial charge in [0, 0.05) is 44.3 Å². The Morgan fingerprint density at radius 2 is 1.50 bits per heavy atom. The Morgan fingerprint density at radius 1 is 0.941 bits per heavy atom. The largest absolute Gasteiger partial charge is 0.347 e. The van der Waals surface area contributed by atoms with Crippen LogP contribution in [0.4, 0.5) is 0 Å². The third-order valence-electron chi connectivity index (χ3n) is 7.25. The van der Waals surface area contributed by atoms with Crippen molar-refractivity contribution >= 4 is 26.8 Å². The van der Waals surface area contributed by atoms with Crippen LogP contribution in [0.15, 0.2) is 34.1 Å². The fourth-order valence-electron chi connectivity index (χ4n) is 5.90. The van der Waals surface area contributed by atoms with Gasteiger partial charge in [0.1, 0.15) is 5.56 Å². The van der Waals surface area contributed by atoms with E-state index < -0.39 is 15.5 Å². The summed E-state index contributed by atoms with van der Waals surface area (Å²) in [6.45, 7) is 13.1. The molecule has 0 spiro atoms. The minimum absolute atomic E-state index is 0.116. The number of benzene rings is 1. The number of likely N-dealkylation sites (tertiary alicyclic amines) is 1. The summed E-state index contributed by atoms with van der Waals surface area (Å²) in [5, 5.41) is 0.282. The molecule has 2 fully saturated rings. The van der Waals surface area contributed by atoms with Crippen molar-refractivity contribution < 1.29 is 13.2 Å². The van der Waals surface area contributed by atoms with Gasteiger partial charge in [0.05, 0.1) is 10.4 Å². The van der Waals surface area contributed by atoms with Gasteiger partial charge in [-0.15, -0.1) is 0 Å². The SMILES string of the molecule is CCn1cc(C(=O)N2C[C@H](C)C[C@@H](C)C2)c(=O)c2cc(S(=O)(=O)N3C[C@H](C)C[C@H](C)C3)ccc21. The molecular weight excluding hydrogens is 450 g/mol. The van der Waals surface area contributed by atoms with Crippen LogP contribution in [0.3, 0.4) is 0 Å². The number of aromatic nitrogens is 1. The lowest BCUT2D eigenvalue weighted by Crippen LogP contribution is -2.44. The van der Waals surface area contributed by atoms with Gasteiger partial charge in [-0.3, -0.25) is 9.59 Å². The van der Waals surface area contributed by atoms with Crippen LogP contribution >= 0.6 is 0 Å². The standard InChI is InChI=1S/C26H37N3O4S/c1-6-27-16-23(26(31)28-12-17(2)9-18(3)13-28)25(30)22-11-21(7-8-24(22)27)34(32,33)29-14-19(4)10-20(5)15-29/h7-8,11,16-20H,6,9-10,12-15H2,1-5H3/t17-,18-,19-,20+/m1/s1. The molecule has 0 N–H and O–H groups in total. The zero-order chi connectivity index (χ0) is 24.8. The first-order valence-electron chi connectivity index (χ1n) is 12.5. The molecule has 1 amide bonds. The highest BCUT2D eigenvalue weighted by atomic mass is 32.2. The van der Waals surface area contributed by atoms with Crippen molar-refractivity contribution in [2.45, 2.75) is 58.9 Å². The van der Waals surface area contributed by atoms with Crippen molar-refractivity contribution in [3.8, 4) is 0 Å². The second-order valence-electron chi connectivity index (χ2n) is 10.8. The molecule has 0 bridgehead atoms. The minimum atomic E-state index is -3.73. The van der Waals surface area contributed by atoms with Gasteiger partial charge in [0.15, 0.2) is 0 Å². The van der Waals surface area contributed by atoms with E-state index in [0.717, 1.165) is 12.8 Å². The zero-order valence-corrected chi connectivity index (χ0v) is 21.8. The third-order valence-corrected chi connectivity index (χ3v) is 9.08. The lowest BCUT2D eigenvalue weighted by atomic mass is 9.91. The second-order valence-corrected chi connectivity index (χ2v) is 12.7. The van der Waals surface area contributed by atoms with E-state index in [1.807, 2.05) is 11.5 Å². The molecule has 8 heteroatoms. The van der Waals surface area contributed by atoms with Crippen molar-refractivity contribution in [2.24, 2.45) is 23.7 Å². The summed E-state index contributed by atoms with van der Waals surface area (Å²) >= 11 is 0. The number of carbonyl (C=O) groups is 1. The first-order chi connectivity index (χ1) is 16.0. The van der Waals surface area contributed by atoms with E-state index in [9.17, 15) is 18.0 Å². The smallest absolute Gasteiger partial charge is 0.259 e. The van der Waals surface area contributed by atoms with Gasteiger partial charge in [-0.1, -0.05) is 27.7 Å². The predicted octanol–water partition coefficient (Wildman–Crippen LogP) is 3.81. The third kappa shape index (κ3) is 4.67. The van der Waals surface area contributed by atoms with Gasteiger partial charge in [0.2, 0.25) is 15.5 Å². The van der Waals surface area contributed by atoms with Gasteiger partial charge in [-0.2, -0.15) is 4.31 Å². The summed E-state index contributed by atoms with van der Waals surface area (Å²) in [7, 11) is -3.73. The number of piperidine rings is 2. The Labute approximate surface area is 202 Å². The number of hydrogen-bond acceptors (Lipinski definition) is 4. The average Bonchev–Trinajstić information content (AvgIpc) is 2.77. The number of hydrogen-bond donors (Lipinski definition) is 0. The highest BCUT2D eigenvalue weighted by molar-refractivity contribution is 7.89. The summed E-state index contributed by atoms with van der Waals surface area (Å²) in [6, 6.07) is 4.76. The molecular formula is C26H37N3O4S. The average molecular weight is 488 g/mol. The summed E-state index contributed by atoms with van der Waals surface area (Å²) in [5.74, 6) is 1.07. The van der Waals surface area contributed by atoms with Gasteiger partial charge < -0.3 is 9.47 Å². The van der Waals surface area contributed by atoms with Gasteiger partial charge in [-0.05, 0) is 61.6 Å². The highest BCUT2D eigenvalue weighted by Gasteiger charge is 2.33. The maximum atomic E-state index is 13.5. The van der Waals surface area contributed by atoms with Crippen molar-refractivity contribution in [1.82, 2.24) is 13.8 Å². The Hall–Kier alpha value is -2.19. The van der Waals surface area contributed by atoms with E-state index in [2.05, 4.69) is 27.7 Å². The number of fused-ring (bicyclic) bond motifs is 1. The topological polar surface area (TPSA) is 79.7 Å². The summed E-state index contributed by atoms with van der Waals surface area (Å²) in [5.41, 5.74) is 0.363. The summed E-state index contributed by atoms with van der Waals surface area (Å²) in [4.78, 5) is 28.8. The Morgan fingerprint density at radius 3 is 2.06 bits per heavy atom. The van der Waals surface area contributed by atoms with Crippen LogP contribution in [-0.2, 0) is 16.6 Å². The maximum Gasteiger partial charge on any atom is 0.259 e. The number of pyridine rings is 1.